The number of anilines is 2. The molecule has 1 aromatic heterocycles. The fourth-order valence-corrected chi connectivity index (χ4v) is 4.89. The van der Waals surface area contributed by atoms with Gasteiger partial charge in [0.1, 0.15) is 5.82 Å². The summed E-state index contributed by atoms with van der Waals surface area (Å²) >= 11 is 0. The molecule has 184 valence electrons. The number of benzene rings is 1. The van der Waals surface area contributed by atoms with Crippen molar-refractivity contribution in [2.24, 2.45) is 0 Å². The molecule has 0 spiro atoms. The van der Waals surface area contributed by atoms with Gasteiger partial charge >= 0.3 is 0 Å². The van der Waals surface area contributed by atoms with Crippen LogP contribution in [0.5, 0.6) is 0 Å². The van der Waals surface area contributed by atoms with Gasteiger partial charge in [0, 0.05) is 63.0 Å². The number of halogens is 1. The Labute approximate surface area is 202 Å². The van der Waals surface area contributed by atoms with Crippen LogP contribution in [0.1, 0.15) is 39.8 Å². The molecule has 0 bridgehead atoms. The highest BCUT2D eigenvalue weighted by molar-refractivity contribution is 6.35. The highest BCUT2D eigenvalue weighted by atomic mass is 19.1. The maximum atomic E-state index is 14.6. The number of aromatic nitrogens is 1. The van der Waals surface area contributed by atoms with E-state index in [1.54, 1.807) is 6.08 Å². The van der Waals surface area contributed by atoms with E-state index in [0.29, 0.717) is 47.6 Å². The number of morpholine rings is 1. The number of nitrogens with zero attached hydrogens (tertiary/aromatic N) is 2. The minimum Gasteiger partial charge on any atom is -0.379 e. The van der Waals surface area contributed by atoms with Gasteiger partial charge in [0.2, 0.25) is 5.91 Å². The van der Waals surface area contributed by atoms with E-state index in [1.807, 2.05) is 11.8 Å². The Bertz CT molecular complexity index is 1240. The summed E-state index contributed by atoms with van der Waals surface area (Å²) < 4.78 is 20.0. The number of hydrogen-bond donors (Lipinski definition) is 3. The van der Waals surface area contributed by atoms with Gasteiger partial charge in [-0.25, -0.2) is 4.39 Å². The first-order valence-electron chi connectivity index (χ1n) is 11.8. The van der Waals surface area contributed by atoms with E-state index in [1.165, 1.54) is 19.1 Å². The smallest absolute Gasteiger partial charge is 0.256 e. The molecular weight excluding hydrogens is 453 g/mol. The number of carbonyl (C=O) groups is 3. The number of fused-ring (bicyclic) bond motifs is 2. The first-order valence-corrected chi connectivity index (χ1v) is 11.8. The van der Waals surface area contributed by atoms with Crippen molar-refractivity contribution in [1.82, 2.24) is 14.8 Å². The largest absolute Gasteiger partial charge is 0.379 e. The number of rotatable bonds is 5. The van der Waals surface area contributed by atoms with Gasteiger partial charge in [-0.3, -0.25) is 19.3 Å². The van der Waals surface area contributed by atoms with Gasteiger partial charge in [-0.1, -0.05) is 0 Å². The van der Waals surface area contributed by atoms with Crippen LogP contribution in [-0.4, -0.2) is 78.4 Å². The minimum absolute atomic E-state index is 0.00656. The van der Waals surface area contributed by atoms with Gasteiger partial charge < -0.3 is 25.3 Å². The molecule has 0 unspecified atom stereocenters. The molecule has 3 aliphatic rings. The molecule has 1 fully saturated rings. The Hall–Kier alpha value is -3.50. The summed E-state index contributed by atoms with van der Waals surface area (Å²) in [4.78, 5) is 44.8. The van der Waals surface area contributed by atoms with Crippen molar-refractivity contribution in [3.63, 3.8) is 0 Å². The number of hydrogen-bond acceptors (Lipinski definition) is 5. The zero-order valence-corrected chi connectivity index (χ0v) is 19.8. The van der Waals surface area contributed by atoms with Gasteiger partial charge in [0.25, 0.3) is 11.8 Å². The molecule has 3 amide bonds. The molecular formula is C25H28FN5O4. The summed E-state index contributed by atoms with van der Waals surface area (Å²) in [5, 5.41) is 5.15. The molecule has 0 aliphatic carbocycles. The summed E-state index contributed by atoms with van der Waals surface area (Å²) in [5.41, 5.74) is 4.06. The molecule has 0 atom stereocenters. The molecule has 2 aromatic rings. The number of H-pyrrole nitrogens is 1. The van der Waals surface area contributed by atoms with Crippen LogP contribution >= 0.6 is 0 Å². The third-order valence-electron chi connectivity index (χ3n) is 6.78. The predicted octanol–water partition coefficient (Wildman–Crippen LogP) is 2.24. The van der Waals surface area contributed by atoms with Gasteiger partial charge in [0.15, 0.2) is 0 Å². The van der Waals surface area contributed by atoms with Crippen molar-refractivity contribution < 1.29 is 23.5 Å². The van der Waals surface area contributed by atoms with E-state index in [9.17, 15) is 18.8 Å². The van der Waals surface area contributed by atoms with Gasteiger partial charge in [-0.2, -0.15) is 0 Å². The zero-order valence-electron chi connectivity index (χ0n) is 19.8. The number of aromatic amines is 1. The number of ether oxygens (including phenoxy) is 1. The lowest BCUT2D eigenvalue weighted by Crippen LogP contribution is -2.45. The van der Waals surface area contributed by atoms with Gasteiger partial charge in [-0.15, -0.1) is 0 Å². The van der Waals surface area contributed by atoms with Crippen molar-refractivity contribution >= 4 is 40.7 Å². The molecule has 0 saturated carbocycles. The van der Waals surface area contributed by atoms with Crippen molar-refractivity contribution in [1.29, 1.82) is 0 Å². The Balaban J connectivity index is 1.39. The monoisotopic (exact) mass is 481 g/mol. The third kappa shape index (κ3) is 4.46. The van der Waals surface area contributed by atoms with Crippen LogP contribution < -0.4 is 10.6 Å². The second-order valence-corrected chi connectivity index (χ2v) is 9.08. The van der Waals surface area contributed by atoms with E-state index in [4.69, 9.17) is 4.74 Å². The maximum absolute atomic E-state index is 14.6. The average Bonchev–Trinajstić information content (AvgIpc) is 3.30. The van der Waals surface area contributed by atoms with E-state index in [-0.39, 0.29) is 17.5 Å². The van der Waals surface area contributed by atoms with Crippen LogP contribution in [0, 0.1) is 12.7 Å². The maximum Gasteiger partial charge on any atom is 0.256 e. The topological polar surface area (TPSA) is 107 Å². The summed E-state index contributed by atoms with van der Waals surface area (Å²) in [6.45, 7) is 8.46. The molecule has 0 radical (unpaired) electrons. The highest BCUT2D eigenvalue weighted by Gasteiger charge is 2.31. The lowest BCUT2D eigenvalue weighted by molar-refractivity contribution is -0.114. The molecule has 10 heteroatoms. The van der Waals surface area contributed by atoms with Crippen molar-refractivity contribution in [3.8, 4) is 0 Å². The molecule has 4 heterocycles. The van der Waals surface area contributed by atoms with E-state index >= 15 is 0 Å². The van der Waals surface area contributed by atoms with Crippen molar-refractivity contribution in [3.05, 3.63) is 46.0 Å². The molecule has 35 heavy (non-hydrogen) atoms. The molecule has 9 nitrogen and oxygen atoms in total. The van der Waals surface area contributed by atoms with Crippen LogP contribution in [0.3, 0.4) is 0 Å². The van der Waals surface area contributed by atoms with Crippen LogP contribution in [0.2, 0.25) is 0 Å². The first-order chi connectivity index (χ1) is 16.8. The highest BCUT2D eigenvalue weighted by Crippen LogP contribution is 2.37. The fraction of sp³-hybridized carbons (Fsp3) is 0.400. The van der Waals surface area contributed by atoms with E-state index in [0.717, 1.165) is 44.1 Å². The molecule has 1 saturated heterocycles. The second-order valence-electron chi connectivity index (χ2n) is 9.08. The molecule has 5 rings (SSSR count). The summed E-state index contributed by atoms with van der Waals surface area (Å²) in [6.07, 6.45) is 2.36. The predicted molar refractivity (Wildman–Crippen MR) is 130 cm³/mol. The normalized spacial score (nSPS) is 19.1. The number of carbonyl (C=O) groups excluding carboxylic acids is 3. The summed E-state index contributed by atoms with van der Waals surface area (Å²) in [5.74, 6) is -1.42. The van der Waals surface area contributed by atoms with Crippen molar-refractivity contribution in [2.75, 3.05) is 56.6 Å². The summed E-state index contributed by atoms with van der Waals surface area (Å²) in [7, 11) is 0. The standard InChI is InChI=1S/C25H28FN5O4/c1-14-20(12-17-16-11-18(26)22(27-15(2)32)13-21(16)29-24(17)33)28-19-3-4-31(25(34)23(14)19)6-5-30-7-9-35-10-8-30/h11-13,28H,3-10H2,1-2H3,(H,27,32)(H,29,33). The van der Waals surface area contributed by atoms with Gasteiger partial charge in [-0.05, 0) is 30.7 Å². The van der Waals surface area contributed by atoms with Crippen LogP contribution in [0.25, 0.3) is 11.6 Å². The lowest BCUT2D eigenvalue weighted by atomic mass is 10.0. The zero-order chi connectivity index (χ0) is 24.7. The second kappa shape index (κ2) is 9.27. The summed E-state index contributed by atoms with van der Waals surface area (Å²) in [6, 6.07) is 2.65. The average molecular weight is 482 g/mol. The number of nitrogens with one attached hydrogen (secondary N) is 3. The Morgan fingerprint density at radius 2 is 1.97 bits per heavy atom. The fourth-order valence-electron chi connectivity index (χ4n) is 4.89. The van der Waals surface area contributed by atoms with Crippen LogP contribution in [0.4, 0.5) is 15.8 Å². The van der Waals surface area contributed by atoms with E-state index < -0.39 is 11.7 Å². The Morgan fingerprint density at radius 1 is 1.20 bits per heavy atom. The Kier molecular flexibility index (Phi) is 6.16. The van der Waals surface area contributed by atoms with E-state index in [2.05, 4.69) is 20.5 Å². The molecule has 3 aliphatic heterocycles. The minimum atomic E-state index is -0.630. The molecule has 1 aromatic carbocycles. The lowest BCUT2D eigenvalue weighted by Gasteiger charge is -2.32. The molecule has 3 N–H and O–H groups in total. The quantitative estimate of drug-likeness (QED) is 0.568. The van der Waals surface area contributed by atoms with Crippen LogP contribution in [-0.2, 0) is 20.7 Å². The Morgan fingerprint density at radius 3 is 2.71 bits per heavy atom. The number of amides is 3. The SMILES string of the molecule is CC(=O)Nc1cc2c(cc1F)C(=Cc1[nH]c3c(c1C)C(=O)N(CCN1CCOCC1)CC3)C(=O)N2. The third-order valence-corrected chi connectivity index (χ3v) is 6.78. The first kappa shape index (κ1) is 23.3. The van der Waals surface area contributed by atoms with Crippen molar-refractivity contribution in [2.45, 2.75) is 20.3 Å². The van der Waals surface area contributed by atoms with Crippen LogP contribution in [0.15, 0.2) is 12.1 Å². The van der Waals surface area contributed by atoms with Gasteiger partial charge in [0.05, 0.1) is 35.7 Å².